The van der Waals surface area contributed by atoms with Crippen LogP contribution in [0.4, 0.5) is 0 Å². The van der Waals surface area contributed by atoms with Crippen molar-refractivity contribution in [2.75, 3.05) is 0 Å². The predicted octanol–water partition coefficient (Wildman–Crippen LogP) is 2.48. The van der Waals surface area contributed by atoms with Crippen molar-refractivity contribution in [2.45, 2.75) is 50.0 Å². The fraction of sp³-hybridized carbons (Fsp3) is 0.571. The monoisotopic (exact) mass is 217 g/mol. The summed E-state index contributed by atoms with van der Waals surface area (Å²) >= 11 is 0. The highest BCUT2D eigenvalue weighted by Crippen LogP contribution is 2.48. The second-order valence-electron chi connectivity index (χ2n) is 5.35. The quantitative estimate of drug-likeness (QED) is 0.701. The van der Waals surface area contributed by atoms with Gasteiger partial charge in [-0.1, -0.05) is 18.9 Å². The topological polar surface area (TPSA) is 46.2 Å². The lowest BCUT2D eigenvalue weighted by atomic mass is 9.66. The lowest BCUT2D eigenvalue weighted by molar-refractivity contribution is 0.312. The summed E-state index contributed by atoms with van der Waals surface area (Å²) in [6, 6.07) is 6.17. The first-order chi connectivity index (χ1) is 7.72. The summed E-state index contributed by atoms with van der Waals surface area (Å²) in [5.74, 6) is 0.391. The molecule has 2 nitrogen and oxygen atoms in total. The molecule has 3 N–H and O–H groups in total. The van der Waals surface area contributed by atoms with Gasteiger partial charge in [0.2, 0.25) is 0 Å². The van der Waals surface area contributed by atoms with Gasteiger partial charge in [0.05, 0.1) is 0 Å². The molecule has 1 aromatic carbocycles. The van der Waals surface area contributed by atoms with E-state index in [2.05, 4.69) is 6.07 Å². The molecule has 1 spiro atoms. The maximum Gasteiger partial charge on any atom is 0.115 e. The van der Waals surface area contributed by atoms with E-state index in [-0.39, 0.29) is 5.41 Å². The second-order valence-corrected chi connectivity index (χ2v) is 5.35. The molecule has 1 saturated carbocycles. The zero-order chi connectivity index (χ0) is 11.2. The van der Waals surface area contributed by atoms with Crippen molar-refractivity contribution in [3.8, 4) is 5.75 Å². The fourth-order valence-electron chi connectivity index (χ4n) is 3.71. The first-order valence-corrected chi connectivity index (χ1v) is 6.30. The highest BCUT2D eigenvalue weighted by Gasteiger charge is 2.44. The molecule has 2 aliphatic carbocycles. The van der Waals surface area contributed by atoms with Gasteiger partial charge in [0.25, 0.3) is 0 Å². The molecule has 16 heavy (non-hydrogen) atoms. The number of fused-ring (bicyclic) bond motifs is 2. The molecule has 1 fully saturated rings. The highest BCUT2D eigenvalue weighted by molar-refractivity contribution is 5.43. The summed E-state index contributed by atoms with van der Waals surface area (Å²) in [5, 5.41) is 9.55. The van der Waals surface area contributed by atoms with E-state index >= 15 is 0 Å². The fourth-order valence-corrected chi connectivity index (χ4v) is 3.71. The molecule has 0 radical (unpaired) electrons. The third-order valence-electron chi connectivity index (χ3n) is 4.56. The molecule has 0 heterocycles. The lowest BCUT2D eigenvalue weighted by Crippen LogP contribution is -2.47. The van der Waals surface area contributed by atoms with Gasteiger partial charge in [0, 0.05) is 11.5 Å². The van der Waals surface area contributed by atoms with Crippen LogP contribution in [-0.4, -0.2) is 11.1 Å². The van der Waals surface area contributed by atoms with Crippen LogP contribution in [0.3, 0.4) is 0 Å². The third kappa shape index (κ3) is 1.29. The number of rotatable bonds is 0. The Kier molecular flexibility index (Phi) is 2.21. The molecule has 2 heteroatoms. The van der Waals surface area contributed by atoms with Crippen LogP contribution in [-0.2, 0) is 11.8 Å². The Morgan fingerprint density at radius 1 is 1.25 bits per heavy atom. The van der Waals surface area contributed by atoms with E-state index in [4.69, 9.17) is 5.73 Å². The van der Waals surface area contributed by atoms with Gasteiger partial charge in [-0.3, -0.25) is 0 Å². The molecule has 0 aromatic heterocycles. The first-order valence-electron chi connectivity index (χ1n) is 6.30. The summed E-state index contributed by atoms with van der Waals surface area (Å²) in [6.45, 7) is 0. The van der Waals surface area contributed by atoms with Crippen LogP contribution in [0.1, 0.15) is 43.2 Å². The number of nitrogens with two attached hydrogens (primary N) is 1. The molecule has 0 amide bonds. The molecular formula is C14H19NO. The van der Waals surface area contributed by atoms with E-state index in [1.165, 1.54) is 36.8 Å². The largest absolute Gasteiger partial charge is 0.508 e. The summed E-state index contributed by atoms with van der Waals surface area (Å²) < 4.78 is 0. The zero-order valence-electron chi connectivity index (χ0n) is 9.58. The third-order valence-corrected chi connectivity index (χ3v) is 4.56. The van der Waals surface area contributed by atoms with Crippen LogP contribution in [0.2, 0.25) is 0 Å². The van der Waals surface area contributed by atoms with Gasteiger partial charge >= 0.3 is 0 Å². The molecule has 86 valence electrons. The van der Waals surface area contributed by atoms with Crippen molar-refractivity contribution in [3.05, 3.63) is 29.3 Å². The molecule has 3 rings (SSSR count). The molecule has 1 aromatic rings. The summed E-state index contributed by atoms with van der Waals surface area (Å²) in [4.78, 5) is 0. The van der Waals surface area contributed by atoms with E-state index in [1.807, 2.05) is 12.1 Å². The van der Waals surface area contributed by atoms with Gasteiger partial charge in [-0.15, -0.1) is 0 Å². The van der Waals surface area contributed by atoms with Gasteiger partial charge in [0.1, 0.15) is 5.75 Å². The minimum Gasteiger partial charge on any atom is -0.508 e. The number of benzene rings is 1. The van der Waals surface area contributed by atoms with E-state index in [1.54, 1.807) is 0 Å². The summed E-state index contributed by atoms with van der Waals surface area (Å²) in [5.41, 5.74) is 9.33. The van der Waals surface area contributed by atoms with Gasteiger partial charge < -0.3 is 10.8 Å². The van der Waals surface area contributed by atoms with Crippen LogP contribution in [0.25, 0.3) is 0 Å². The average molecular weight is 217 g/mol. The first kappa shape index (κ1) is 10.2. The van der Waals surface area contributed by atoms with Gasteiger partial charge in [0.15, 0.2) is 0 Å². The van der Waals surface area contributed by atoms with Gasteiger partial charge in [-0.25, -0.2) is 0 Å². The number of aromatic hydroxyl groups is 1. The van der Waals surface area contributed by atoms with E-state index in [0.29, 0.717) is 11.8 Å². The number of aryl methyl sites for hydroxylation is 1. The molecule has 0 bridgehead atoms. The normalized spacial score (nSPS) is 26.9. The maximum absolute atomic E-state index is 9.55. The minimum atomic E-state index is 0.223. The van der Waals surface area contributed by atoms with E-state index < -0.39 is 0 Å². The Labute approximate surface area is 96.5 Å². The van der Waals surface area contributed by atoms with Crippen LogP contribution >= 0.6 is 0 Å². The van der Waals surface area contributed by atoms with Crippen molar-refractivity contribution in [1.82, 2.24) is 0 Å². The molecule has 0 aliphatic heterocycles. The number of phenols is 1. The Morgan fingerprint density at radius 2 is 2.00 bits per heavy atom. The standard InChI is InChI=1S/C14H19NO/c15-13-6-3-10-9-11(16)4-5-12(10)14(13)7-1-2-8-14/h4-5,9,13,16H,1-3,6-8,15H2. The van der Waals surface area contributed by atoms with Crippen LogP contribution < -0.4 is 5.73 Å². The van der Waals surface area contributed by atoms with Crippen molar-refractivity contribution in [2.24, 2.45) is 5.73 Å². The van der Waals surface area contributed by atoms with Gasteiger partial charge in [-0.2, -0.15) is 0 Å². The molecule has 1 atom stereocenters. The van der Waals surface area contributed by atoms with E-state index in [9.17, 15) is 5.11 Å². The van der Waals surface area contributed by atoms with Crippen LogP contribution in [0.5, 0.6) is 5.75 Å². The van der Waals surface area contributed by atoms with Crippen LogP contribution in [0, 0.1) is 0 Å². The number of phenolic OH excluding ortho intramolecular Hbond substituents is 1. The molecule has 2 aliphatic rings. The Hall–Kier alpha value is -1.02. The Morgan fingerprint density at radius 3 is 2.75 bits per heavy atom. The lowest BCUT2D eigenvalue weighted by Gasteiger charge is -2.41. The van der Waals surface area contributed by atoms with Gasteiger partial charge in [-0.05, 0) is 48.9 Å². The molecule has 0 saturated heterocycles. The molecular weight excluding hydrogens is 198 g/mol. The zero-order valence-corrected chi connectivity index (χ0v) is 9.58. The van der Waals surface area contributed by atoms with Crippen molar-refractivity contribution in [1.29, 1.82) is 0 Å². The van der Waals surface area contributed by atoms with Crippen molar-refractivity contribution in [3.63, 3.8) is 0 Å². The van der Waals surface area contributed by atoms with E-state index in [0.717, 1.165) is 12.8 Å². The average Bonchev–Trinajstić information content (AvgIpc) is 2.74. The van der Waals surface area contributed by atoms with Crippen LogP contribution in [0.15, 0.2) is 18.2 Å². The molecule has 1 unspecified atom stereocenters. The van der Waals surface area contributed by atoms with Crippen molar-refractivity contribution >= 4 is 0 Å². The second kappa shape index (κ2) is 3.49. The summed E-state index contributed by atoms with van der Waals surface area (Å²) in [7, 11) is 0. The SMILES string of the molecule is NC1CCc2cc(O)ccc2C12CCCC2. The highest BCUT2D eigenvalue weighted by atomic mass is 16.3. The minimum absolute atomic E-state index is 0.223. The maximum atomic E-state index is 9.55. The number of hydrogen-bond acceptors (Lipinski definition) is 2. The van der Waals surface area contributed by atoms with Crippen molar-refractivity contribution < 1.29 is 5.11 Å². The number of hydrogen-bond donors (Lipinski definition) is 2. The Bertz CT molecular complexity index is 407. The summed E-state index contributed by atoms with van der Waals surface area (Å²) in [6.07, 6.45) is 7.14. The predicted molar refractivity (Wildman–Crippen MR) is 64.5 cm³/mol. The smallest absolute Gasteiger partial charge is 0.115 e. The Balaban J connectivity index is 2.13.